The third kappa shape index (κ3) is 1.89. The molecule has 1 atom stereocenters. The van der Waals surface area contributed by atoms with Gasteiger partial charge in [-0.2, -0.15) is 0 Å². The Morgan fingerprint density at radius 3 is 2.88 bits per heavy atom. The van der Waals surface area contributed by atoms with Gasteiger partial charge in [-0.1, -0.05) is 18.2 Å². The van der Waals surface area contributed by atoms with E-state index < -0.39 is 0 Å². The lowest BCUT2D eigenvalue weighted by Crippen LogP contribution is -2.48. The third-order valence-electron chi connectivity index (χ3n) is 3.43. The number of nitrogens with one attached hydrogen (secondary N) is 1. The Balaban J connectivity index is 1.79. The number of hydrogen-bond donors (Lipinski definition) is 1. The molecule has 1 aromatic rings. The number of ether oxygens (including phenoxy) is 1. The maximum atomic E-state index is 12.4. The molecule has 0 aliphatic carbocycles. The molecule has 1 aromatic carbocycles. The van der Waals surface area contributed by atoms with Gasteiger partial charge in [0.25, 0.3) is 0 Å². The van der Waals surface area contributed by atoms with Crippen LogP contribution >= 0.6 is 0 Å². The Labute approximate surface area is 101 Å². The van der Waals surface area contributed by atoms with Crippen LogP contribution in [-0.4, -0.2) is 43.6 Å². The average molecular weight is 232 g/mol. The van der Waals surface area contributed by atoms with Crippen molar-refractivity contribution >= 4 is 5.91 Å². The highest BCUT2D eigenvalue weighted by molar-refractivity contribution is 5.85. The summed E-state index contributed by atoms with van der Waals surface area (Å²) in [6, 6.07) is 7.83. The van der Waals surface area contributed by atoms with Crippen LogP contribution in [-0.2, 0) is 4.79 Å². The van der Waals surface area contributed by atoms with Gasteiger partial charge in [-0.15, -0.1) is 0 Å². The van der Waals surface area contributed by atoms with E-state index >= 15 is 0 Å². The minimum absolute atomic E-state index is 0.107. The lowest BCUT2D eigenvalue weighted by atomic mass is 9.99. The SMILES string of the molecule is O=C(C1COc2ccccc21)N1CCNCC1. The van der Waals surface area contributed by atoms with Crippen molar-refractivity contribution in [3.8, 4) is 5.75 Å². The van der Waals surface area contributed by atoms with Gasteiger partial charge in [-0.25, -0.2) is 0 Å². The zero-order chi connectivity index (χ0) is 11.7. The molecule has 90 valence electrons. The van der Waals surface area contributed by atoms with E-state index in [0.29, 0.717) is 6.61 Å². The van der Waals surface area contributed by atoms with Gasteiger partial charge >= 0.3 is 0 Å². The predicted molar refractivity (Wildman–Crippen MR) is 64.1 cm³/mol. The van der Waals surface area contributed by atoms with Crippen LogP contribution in [0.5, 0.6) is 5.75 Å². The molecular formula is C13H16N2O2. The summed E-state index contributed by atoms with van der Waals surface area (Å²) >= 11 is 0. The molecule has 1 unspecified atom stereocenters. The van der Waals surface area contributed by atoms with E-state index in [0.717, 1.165) is 37.5 Å². The second-order valence-electron chi connectivity index (χ2n) is 4.48. The first-order chi connectivity index (χ1) is 8.36. The van der Waals surface area contributed by atoms with Crippen molar-refractivity contribution in [2.45, 2.75) is 5.92 Å². The van der Waals surface area contributed by atoms with Crippen LogP contribution in [0.4, 0.5) is 0 Å². The maximum Gasteiger partial charge on any atom is 0.233 e. The molecule has 4 heteroatoms. The molecule has 0 radical (unpaired) electrons. The molecule has 2 aliphatic heterocycles. The highest BCUT2D eigenvalue weighted by atomic mass is 16.5. The Hall–Kier alpha value is -1.55. The van der Waals surface area contributed by atoms with E-state index in [9.17, 15) is 4.79 Å². The molecule has 0 aromatic heterocycles. The molecule has 1 N–H and O–H groups in total. The number of hydrogen-bond acceptors (Lipinski definition) is 3. The first-order valence-electron chi connectivity index (χ1n) is 6.07. The summed E-state index contributed by atoms with van der Waals surface area (Å²) in [5, 5.41) is 3.25. The molecule has 4 nitrogen and oxygen atoms in total. The lowest BCUT2D eigenvalue weighted by Gasteiger charge is -2.29. The molecule has 0 saturated carbocycles. The minimum atomic E-state index is -0.107. The summed E-state index contributed by atoms with van der Waals surface area (Å²) in [6.07, 6.45) is 0. The second-order valence-corrected chi connectivity index (χ2v) is 4.48. The normalized spacial score (nSPS) is 23.1. The van der Waals surface area contributed by atoms with Crippen LogP contribution in [0.1, 0.15) is 11.5 Å². The smallest absolute Gasteiger partial charge is 0.233 e. The van der Waals surface area contributed by atoms with Gasteiger partial charge in [-0.3, -0.25) is 4.79 Å². The number of benzene rings is 1. The van der Waals surface area contributed by atoms with Gasteiger partial charge in [0.15, 0.2) is 0 Å². The summed E-state index contributed by atoms with van der Waals surface area (Å²) in [7, 11) is 0. The molecule has 2 aliphatic rings. The van der Waals surface area contributed by atoms with E-state index in [1.807, 2.05) is 29.2 Å². The van der Waals surface area contributed by atoms with Gasteiger partial charge in [0, 0.05) is 31.7 Å². The highest BCUT2D eigenvalue weighted by Gasteiger charge is 2.33. The Bertz CT molecular complexity index is 427. The van der Waals surface area contributed by atoms with Crippen molar-refractivity contribution in [3.63, 3.8) is 0 Å². The van der Waals surface area contributed by atoms with Gasteiger partial charge in [0.2, 0.25) is 5.91 Å². The van der Waals surface area contributed by atoms with Crippen LogP contribution < -0.4 is 10.1 Å². The van der Waals surface area contributed by atoms with Crippen LogP contribution in [0.15, 0.2) is 24.3 Å². The van der Waals surface area contributed by atoms with E-state index in [1.54, 1.807) is 0 Å². The average Bonchev–Trinajstić information content (AvgIpc) is 2.83. The molecule has 1 amide bonds. The zero-order valence-electron chi connectivity index (χ0n) is 9.69. The monoisotopic (exact) mass is 232 g/mol. The largest absolute Gasteiger partial charge is 0.492 e. The number of nitrogens with zero attached hydrogens (tertiary/aromatic N) is 1. The van der Waals surface area contributed by atoms with E-state index in [4.69, 9.17) is 4.74 Å². The molecule has 1 saturated heterocycles. The van der Waals surface area contributed by atoms with Gasteiger partial charge in [0.05, 0.1) is 0 Å². The van der Waals surface area contributed by atoms with Crippen molar-refractivity contribution in [2.75, 3.05) is 32.8 Å². The standard InChI is InChI=1S/C13H16N2O2/c16-13(15-7-5-14-6-8-15)11-9-17-12-4-2-1-3-10(11)12/h1-4,11,14H,5-9H2. The Kier molecular flexibility index (Phi) is 2.73. The van der Waals surface area contributed by atoms with E-state index in [2.05, 4.69) is 5.32 Å². The number of fused-ring (bicyclic) bond motifs is 1. The first-order valence-corrected chi connectivity index (χ1v) is 6.07. The van der Waals surface area contributed by atoms with Crippen LogP contribution in [0.2, 0.25) is 0 Å². The van der Waals surface area contributed by atoms with Crippen molar-refractivity contribution in [1.29, 1.82) is 0 Å². The number of amides is 1. The number of carbonyl (C=O) groups excluding carboxylic acids is 1. The van der Waals surface area contributed by atoms with Crippen LogP contribution in [0, 0.1) is 0 Å². The molecule has 1 fully saturated rings. The summed E-state index contributed by atoms with van der Waals surface area (Å²) in [6.45, 7) is 3.87. The Morgan fingerprint density at radius 1 is 1.29 bits per heavy atom. The highest BCUT2D eigenvalue weighted by Crippen LogP contribution is 2.34. The Morgan fingerprint density at radius 2 is 2.06 bits per heavy atom. The van der Waals surface area contributed by atoms with Crippen molar-refractivity contribution in [1.82, 2.24) is 10.2 Å². The molecule has 2 heterocycles. The van der Waals surface area contributed by atoms with Gasteiger partial charge in [0.1, 0.15) is 18.3 Å². The number of rotatable bonds is 1. The second kappa shape index (κ2) is 4.37. The van der Waals surface area contributed by atoms with Crippen molar-refractivity contribution in [2.24, 2.45) is 0 Å². The minimum Gasteiger partial charge on any atom is -0.492 e. The predicted octanol–water partition coefficient (Wildman–Crippen LogP) is 0.594. The molecule has 0 spiro atoms. The summed E-state index contributed by atoms with van der Waals surface area (Å²) < 4.78 is 5.56. The topological polar surface area (TPSA) is 41.6 Å². The summed E-state index contributed by atoms with van der Waals surface area (Å²) in [4.78, 5) is 14.3. The summed E-state index contributed by atoms with van der Waals surface area (Å²) in [5.74, 6) is 0.960. The number of carbonyl (C=O) groups is 1. The quantitative estimate of drug-likeness (QED) is 0.770. The van der Waals surface area contributed by atoms with Gasteiger partial charge < -0.3 is 15.0 Å². The fourth-order valence-corrected chi connectivity index (χ4v) is 2.47. The number of piperazine rings is 1. The summed E-state index contributed by atoms with van der Waals surface area (Å²) in [5.41, 5.74) is 1.04. The van der Waals surface area contributed by atoms with Crippen LogP contribution in [0.25, 0.3) is 0 Å². The van der Waals surface area contributed by atoms with Crippen molar-refractivity contribution < 1.29 is 9.53 Å². The van der Waals surface area contributed by atoms with E-state index in [1.165, 1.54) is 0 Å². The number of para-hydroxylation sites is 1. The van der Waals surface area contributed by atoms with E-state index in [-0.39, 0.29) is 11.8 Å². The zero-order valence-corrected chi connectivity index (χ0v) is 9.69. The maximum absolute atomic E-state index is 12.4. The fourth-order valence-electron chi connectivity index (χ4n) is 2.47. The lowest BCUT2D eigenvalue weighted by molar-refractivity contribution is -0.133. The fraction of sp³-hybridized carbons (Fsp3) is 0.462. The molecular weight excluding hydrogens is 216 g/mol. The van der Waals surface area contributed by atoms with Crippen LogP contribution in [0.3, 0.4) is 0 Å². The molecule has 0 bridgehead atoms. The van der Waals surface area contributed by atoms with Gasteiger partial charge in [-0.05, 0) is 6.07 Å². The first kappa shape index (κ1) is 10.6. The van der Waals surface area contributed by atoms with Crippen molar-refractivity contribution in [3.05, 3.63) is 29.8 Å². The third-order valence-corrected chi connectivity index (χ3v) is 3.43. The molecule has 17 heavy (non-hydrogen) atoms. The molecule has 3 rings (SSSR count).